The van der Waals surface area contributed by atoms with E-state index in [1.807, 2.05) is 0 Å². The van der Waals surface area contributed by atoms with Crippen LogP contribution in [0.3, 0.4) is 0 Å². The molecule has 0 aromatic heterocycles. The lowest BCUT2D eigenvalue weighted by Gasteiger charge is -2.11. The molecule has 0 aliphatic rings. The number of hydrogen-bond acceptors (Lipinski definition) is 4. The number of carbonyl (C=O) groups is 1. The summed E-state index contributed by atoms with van der Waals surface area (Å²) in [5.41, 5.74) is 0.773. The van der Waals surface area contributed by atoms with Crippen LogP contribution in [0.4, 0.5) is 0 Å². The Labute approximate surface area is 107 Å². The lowest BCUT2D eigenvalue weighted by atomic mass is 10.1. The van der Waals surface area contributed by atoms with E-state index in [4.69, 9.17) is 4.74 Å². The second-order valence-electron chi connectivity index (χ2n) is 4.08. The van der Waals surface area contributed by atoms with Gasteiger partial charge in [-0.15, -0.1) is 0 Å². The number of hydrogen-bond donors (Lipinski definition) is 0. The maximum absolute atomic E-state index is 11.8. The lowest BCUT2D eigenvalue weighted by molar-refractivity contribution is -0.121. The third-order valence-electron chi connectivity index (χ3n) is 2.41. The molecule has 0 atom stereocenters. The molecule has 6 heteroatoms. The summed E-state index contributed by atoms with van der Waals surface area (Å²) in [5.74, 6) is -0.0410. The fourth-order valence-corrected chi connectivity index (χ4v) is 2.33. The third-order valence-corrected chi connectivity index (χ3v) is 4.24. The van der Waals surface area contributed by atoms with E-state index in [2.05, 4.69) is 0 Å². The molecule has 1 aromatic rings. The van der Waals surface area contributed by atoms with Gasteiger partial charge in [-0.1, -0.05) is 12.1 Å². The minimum atomic E-state index is -3.41. The lowest BCUT2D eigenvalue weighted by Crippen LogP contribution is -2.22. The normalized spacial score (nSPS) is 11.8. The van der Waals surface area contributed by atoms with Gasteiger partial charge in [-0.2, -0.15) is 0 Å². The van der Waals surface area contributed by atoms with Gasteiger partial charge in [0.2, 0.25) is 10.0 Å². The largest absolute Gasteiger partial charge is 0.377 e. The Kier molecular flexibility index (Phi) is 5.01. The summed E-state index contributed by atoms with van der Waals surface area (Å²) < 4.78 is 29.5. The highest BCUT2D eigenvalue weighted by Gasteiger charge is 2.16. The fraction of sp³-hybridized carbons (Fsp3) is 0.417. The minimum absolute atomic E-state index is 0.0410. The van der Waals surface area contributed by atoms with E-state index in [0.29, 0.717) is 0 Å². The van der Waals surface area contributed by atoms with Crippen LogP contribution in [0.1, 0.15) is 5.56 Å². The van der Waals surface area contributed by atoms with Crippen LogP contribution in [0.25, 0.3) is 0 Å². The van der Waals surface area contributed by atoms with E-state index in [1.165, 1.54) is 33.3 Å². The number of Topliss-reactive ketones (excluding diaryl/α,β-unsaturated/α-hetero) is 1. The Morgan fingerprint density at radius 3 is 2.22 bits per heavy atom. The van der Waals surface area contributed by atoms with Crippen LogP contribution < -0.4 is 0 Å². The zero-order chi connectivity index (χ0) is 13.8. The molecule has 1 rings (SSSR count). The summed E-state index contributed by atoms with van der Waals surface area (Å²) in [6, 6.07) is 6.30. The number of benzene rings is 1. The van der Waals surface area contributed by atoms with Crippen LogP contribution in [0, 0.1) is 0 Å². The second kappa shape index (κ2) is 6.08. The van der Waals surface area contributed by atoms with Crippen molar-refractivity contribution in [2.75, 3.05) is 27.8 Å². The first kappa shape index (κ1) is 14.8. The molecule has 0 aliphatic carbocycles. The molecule has 0 unspecified atom stereocenters. The number of ether oxygens (including phenoxy) is 1. The molecule has 0 aliphatic heterocycles. The first-order valence-corrected chi connectivity index (χ1v) is 6.84. The molecule has 0 bridgehead atoms. The van der Waals surface area contributed by atoms with Gasteiger partial charge in [0.05, 0.1) is 4.90 Å². The summed E-state index contributed by atoms with van der Waals surface area (Å²) in [4.78, 5) is 11.6. The van der Waals surface area contributed by atoms with E-state index < -0.39 is 10.0 Å². The van der Waals surface area contributed by atoms with Gasteiger partial charge in [0.25, 0.3) is 0 Å². The molecular formula is C12H17NO4S. The van der Waals surface area contributed by atoms with Crippen molar-refractivity contribution in [3.63, 3.8) is 0 Å². The molecule has 0 radical (unpaired) electrons. The predicted octanol–water partition coefficient (Wildman–Crippen LogP) is 0.695. The van der Waals surface area contributed by atoms with Crippen molar-refractivity contribution in [3.8, 4) is 0 Å². The maximum Gasteiger partial charge on any atom is 0.242 e. The van der Waals surface area contributed by atoms with Gasteiger partial charge in [-0.05, 0) is 17.7 Å². The average Bonchev–Trinajstić information content (AvgIpc) is 2.29. The molecule has 0 saturated carbocycles. The molecule has 0 N–H and O–H groups in total. The number of carbonyl (C=O) groups excluding carboxylic acids is 1. The minimum Gasteiger partial charge on any atom is -0.377 e. The van der Waals surface area contributed by atoms with E-state index in [0.717, 1.165) is 9.87 Å². The summed E-state index contributed by atoms with van der Waals surface area (Å²) in [7, 11) is 1.01. The summed E-state index contributed by atoms with van der Waals surface area (Å²) in [5, 5.41) is 0. The van der Waals surface area contributed by atoms with Crippen molar-refractivity contribution in [1.29, 1.82) is 0 Å². The number of rotatable bonds is 6. The molecule has 0 spiro atoms. The number of ketones is 1. The van der Waals surface area contributed by atoms with Gasteiger partial charge in [0.15, 0.2) is 5.78 Å². The van der Waals surface area contributed by atoms with E-state index >= 15 is 0 Å². The predicted molar refractivity (Wildman–Crippen MR) is 67.9 cm³/mol. The van der Waals surface area contributed by atoms with Gasteiger partial charge in [0, 0.05) is 27.6 Å². The van der Waals surface area contributed by atoms with Gasteiger partial charge in [0.1, 0.15) is 6.61 Å². The smallest absolute Gasteiger partial charge is 0.242 e. The molecule has 100 valence electrons. The van der Waals surface area contributed by atoms with Crippen molar-refractivity contribution in [3.05, 3.63) is 29.8 Å². The monoisotopic (exact) mass is 271 g/mol. The van der Waals surface area contributed by atoms with Crippen LogP contribution in [-0.2, 0) is 26.0 Å². The van der Waals surface area contributed by atoms with Crippen molar-refractivity contribution in [2.45, 2.75) is 11.3 Å². The Morgan fingerprint density at radius 2 is 1.78 bits per heavy atom. The third kappa shape index (κ3) is 3.63. The van der Waals surface area contributed by atoms with Crippen LogP contribution in [0.2, 0.25) is 0 Å². The summed E-state index contributed by atoms with van der Waals surface area (Å²) >= 11 is 0. The van der Waals surface area contributed by atoms with Crippen LogP contribution in [0.15, 0.2) is 29.2 Å². The number of methoxy groups -OCH3 is 1. The van der Waals surface area contributed by atoms with Crippen LogP contribution in [0.5, 0.6) is 0 Å². The molecule has 0 saturated heterocycles. The zero-order valence-electron chi connectivity index (χ0n) is 10.7. The topological polar surface area (TPSA) is 63.7 Å². The Bertz CT molecular complexity index is 505. The van der Waals surface area contributed by atoms with Crippen molar-refractivity contribution < 1.29 is 17.9 Å². The zero-order valence-corrected chi connectivity index (χ0v) is 11.5. The Hall–Kier alpha value is -1.24. The first-order valence-electron chi connectivity index (χ1n) is 5.40. The average molecular weight is 271 g/mol. The molecule has 5 nitrogen and oxygen atoms in total. The Morgan fingerprint density at radius 1 is 1.22 bits per heavy atom. The maximum atomic E-state index is 11.8. The highest BCUT2D eigenvalue weighted by Crippen LogP contribution is 2.14. The molecule has 0 amide bonds. The highest BCUT2D eigenvalue weighted by atomic mass is 32.2. The van der Waals surface area contributed by atoms with Crippen LogP contribution >= 0.6 is 0 Å². The SMILES string of the molecule is COCC(=O)Cc1ccc(S(=O)(=O)N(C)C)cc1. The highest BCUT2D eigenvalue weighted by molar-refractivity contribution is 7.89. The van der Waals surface area contributed by atoms with E-state index in [-0.39, 0.29) is 23.7 Å². The number of sulfonamides is 1. The van der Waals surface area contributed by atoms with E-state index in [9.17, 15) is 13.2 Å². The van der Waals surface area contributed by atoms with E-state index in [1.54, 1.807) is 12.1 Å². The fourth-order valence-electron chi connectivity index (χ4n) is 1.43. The van der Waals surface area contributed by atoms with Crippen LogP contribution in [-0.4, -0.2) is 46.3 Å². The molecule has 1 aromatic carbocycles. The first-order chi connectivity index (χ1) is 8.37. The van der Waals surface area contributed by atoms with Crippen molar-refractivity contribution in [2.24, 2.45) is 0 Å². The molecule has 0 fully saturated rings. The Balaban J connectivity index is 2.84. The summed E-state index contributed by atoms with van der Waals surface area (Å²) in [6.07, 6.45) is 0.246. The van der Waals surface area contributed by atoms with Gasteiger partial charge in [-0.3, -0.25) is 4.79 Å². The summed E-state index contributed by atoms with van der Waals surface area (Å²) in [6.45, 7) is 0.0672. The molecular weight excluding hydrogens is 254 g/mol. The van der Waals surface area contributed by atoms with Gasteiger partial charge in [-0.25, -0.2) is 12.7 Å². The standard InChI is InChI=1S/C12H17NO4S/c1-13(2)18(15,16)12-6-4-10(5-7-12)8-11(14)9-17-3/h4-7H,8-9H2,1-3H3. The van der Waals surface area contributed by atoms with Gasteiger partial charge < -0.3 is 4.74 Å². The second-order valence-corrected chi connectivity index (χ2v) is 6.23. The molecule has 18 heavy (non-hydrogen) atoms. The quantitative estimate of drug-likeness (QED) is 0.764. The van der Waals surface area contributed by atoms with Gasteiger partial charge >= 0.3 is 0 Å². The number of nitrogens with zero attached hydrogens (tertiary/aromatic N) is 1. The van der Waals surface area contributed by atoms with Crippen molar-refractivity contribution in [1.82, 2.24) is 4.31 Å². The van der Waals surface area contributed by atoms with Crippen molar-refractivity contribution >= 4 is 15.8 Å². The molecule has 0 heterocycles.